The molecule has 1 N–H and O–H groups in total. The van der Waals surface area contributed by atoms with Crippen LogP contribution in [0.15, 0.2) is 48.9 Å². The maximum Gasteiger partial charge on any atom is 0.443 e. The zero-order valence-corrected chi connectivity index (χ0v) is 22.6. The highest BCUT2D eigenvalue weighted by Crippen LogP contribution is 2.42. The fourth-order valence-electron chi connectivity index (χ4n) is 5.06. The normalized spacial score (nSPS) is 16.5. The lowest BCUT2D eigenvalue weighted by Crippen LogP contribution is -2.58. The van der Waals surface area contributed by atoms with E-state index in [-0.39, 0.29) is 30.0 Å². The molecule has 5 aromatic rings. The molecule has 14 heteroatoms. The summed E-state index contributed by atoms with van der Waals surface area (Å²) < 4.78 is 43.1. The molecule has 40 heavy (non-hydrogen) atoms. The molecule has 1 aliphatic heterocycles. The molecule has 1 aromatic carbocycles. The van der Waals surface area contributed by atoms with Crippen molar-refractivity contribution in [1.29, 1.82) is 0 Å². The molecule has 1 atom stereocenters. The molecule has 0 saturated carbocycles. The highest BCUT2D eigenvalue weighted by atomic mass is 32.1. The van der Waals surface area contributed by atoms with Gasteiger partial charge in [0.1, 0.15) is 22.8 Å². The SMILES string of the molecule is CN(C)C[C@@H]1CN(c2sc(C(F)(F)F)nc2-c2nc3ccccc3[nH]2)CCN1C(=O)Cn1cnc2cccnc21. The Balaban J connectivity index is 1.30. The number of nitrogens with one attached hydrogen (secondary N) is 1. The molecule has 1 amide bonds. The lowest BCUT2D eigenvalue weighted by Gasteiger charge is -2.43. The van der Waals surface area contributed by atoms with Crippen LogP contribution in [0.5, 0.6) is 0 Å². The summed E-state index contributed by atoms with van der Waals surface area (Å²) in [6.45, 7) is 1.65. The van der Waals surface area contributed by atoms with Gasteiger partial charge in [0, 0.05) is 32.4 Å². The standard InChI is InChI=1S/C26H26F3N9OS/c1-35(2)12-16-13-36(10-11-38(16)20(39)14-37-15-31-19-8-5-9-30-23(19)37)24-21(34-25(40-24)26(27,28)29)22-32-17-6-3-4-7-18(17)33-22/h3-9,15-16H,10-14H2,1-2H3,(H,32,33)/t16-/m1/s1. The van der Waals surface area contributed by atoms with Crippen molar-refractivity contribution >= 4 is 44.4 Å². The molecule has 0 radical (unpaired) electrons. The third-order valence-corrected chi connectivity index (χ3v) is 7.97. The molecule has 1 fully saturated rings. The molecule has 6 rings (SSSR count). The summed E-state index contributed by atoms with van der Waals surface area (Å²) in [6.07, 6.45) is -1.34. The van der Waals surface area contributed by atoms with E-state index in [2.05, 4.69) is 24.9 Å². The van der Waals surface area contributed by atoms with E-state index >= 15 is 0 Å². The first kappa shape index (κ1) is 26.2. The molecule has 5 heterocycles. The Labute approximate surface area is 231 Å². The number of fused-ring (bicyclic) bond motifs is 2. The Morgan fingerprint density at radius 2 is 1.90 bits per heavy atom. The minimum Gasteiger partial charge on any atom is -0.358 e. The van der Waals surface area contributed by atoms with E-state index in [4.69, 9.17) is 0 Å². The number of imidazole rings is 2. The number of piperazine rings is 1. The van der Waals surface area contributed by atoms with Crippen LogP contribution in [0.3, 0.4) is 0 Å². The van der Waals surface area contributed by atoms with Crippen LogP contribution in [-0.4, -0.2) is 91.5 Å². The first-order valence-corrected chi connectivity index (χ1v) is 13.5. The number of carbonyl (C=O) groups is 1. The molecule has 0 unspecified atom stereocenters. The number of halogens is 3. The molecule has 208 valence electrons. The van der Waals surface area contributed by atoms with Crippen LogP contribution in [0.25, 0.3) is 33.7 Å². The minimum atomic E-state index is -4.59. The number of amides is 1. The summed E-state index contributed by atoms with van der Waals surface area (Å²) in [6, 6.07) is 10.6. The van der Waals surface area contributed by atoms with Crippen LogP contribution in [-0.2, 0) is 17.5 Å². The zero-order valence-electron chi connectivity index (χ0n) is 21.8. The summed E-state index contributed by atoms with van der Waals surface area (Å²) in [5, 5.41) is -0.549. The van der Waals surface area contributed by atoms with Gasteiger partial charge in [0.25, 0.3) is 0 Å². The number of likely N-dealkylation sites (N-methyl/N-ethyl adjacent to an activating group) is 1. The monoisotopic (exact) mass is 569 g/mol. The third kappa shape index (κ3) is 4.99. The maximum atomic E-state index is 13.8. The van der Waals surface area contributed by atoms with Gasteiger partial charge in [-0.1, -0.05) is 23.5 Å². The number of nitrogens with zero attached hydrogens (tertiary/aromatic N) is 8. The van der Waals surface area contributed by atoms with Gasteiger partial charge < -0.3 is 24.3 Å². The summed E-state index contributed by atoms with van der Waals surface area (Å²) in [4.78, 5) is 39.5. The van der Waals surface area contributed by atoms with Gasteiger partial charge in [-0.2, -0.15) is 13.2 Å². The quantitative estimate of drug-likeness (QED) is 0.333. The summed E-state index contributed by atoms with van der Waals surface area (Å²) in [5.41, 5.74) is 2.85. The van der Waals surface area contributed by atoms with E-state index in [9.17, 15) is 18.0 Å². The number of thiazole rings is 1. The van der Waals surface area contributed by atoms with Crippen molar-refractivity contribution in [3.05, 3.63) is 53.9 Å². The summed E-state index contributed by atoms with van der Waals surface area (Å²) in [5.74, 6) is 0.180. The molecule has 10 nitrogen and oxygen atoms in total. The Morgan fingerprint density at radius 3 is 2.67 bits per heavy atom. The van der Waals surface area contributed by atoms with Gasteiger partial charge in [-0.15, -0.1) is 0 Å². The van der Waals surface area contributed by atoms with Crippen LogP contribution in [0.4, 0.5) is 18.2 Å². The van der Waals surface area contributed by atoms with Gasteiger partial charge in [-0.3, -0.25) is 4.79 Å². The van der Waals surface area contributed by atoms with Gasteiger partial charge in [0.2, 0.25) is 10.9 Å². The molecule has 4 aromatic heterocycles. The third-order valence-electron chi connectivity index (χ3n) is 6.81. The number of alkyl halides is 3. The second kappa shape index (κ2) is 10.2. The Bertz CT molecular complexity index is 1640. The van der Waals surface area contributed by atoms with Crippen molar-refractivity contribution in [3.63, 3.8) is 0 Å². The van der Waals surface area contributed by atoms with Crippen molar-refractivity contribution in [2.24, 2.45) is 0 Å². The smallest absolute Gasteiger partial charge is 0.358 e. The van der Waals surface area contributed by atoms with Crippen LogP contribution in [0.1, 0.15) is 5.01 Å². The number of rotatable bonds is 6. The maximum absolute atomic E-state index is 13.8. The highest BCUT2D eigenvalue weighted by molar-refractivity contribution is 7.16. The topological polar surface area (TPSA) is 99.1 Å². The molecule has 0 spiro atoms. The molecule has 1 aliphatic rings. The summed E-state index contributed by atoms with van der Waals surface area (Å²) >= 11 is 0.606. The van der Waals surface area contributed by atoms with Gasteiger partial charge in [-0.25, -0.2) is 19.9 Å². The van der Waals surface area contributed by atoms with Crippen molar-refractivity contribution in [3.8, 4) is 11.5 Å². The first-order chi connectivity index (χ1) is 19.2. The minimum absolute atomic E-state index is 0.0699. The molecule has 1 saturated heterocycles. The van der Waals surface area contributed by atoms with Gasteiger partial charge in [0.15, 0.2) is 11.5 Å². The summed E-state index contributed by atoms with van der Waals surface area (Å²) in [7, 11) is 3.81. The first-order valence-electron chi connectivity index (χ1n) is 12.7. The van der Waals surface area contributed by atoms with Crippen molar-refractivity contribution in [1.82, 2.24) is 39.3 Å². The fourth-order valence-corrected chi connectivity index (χ4v) is 6.03. The van der Waals surface area contributed by atoms with Crippen LogP contribution < -0.4 is 4.90 Å². The number of para-hydroxylation sites is 2. The van der Waals surface area contributed by atoms with Crippen LogP contribution in [0.2, 0.25) is 0 Å². The molecule has 0 bridgehead atoms. The van der Waals surface area contributed by atoms with Gasteiger partial charge in [-0.05, 0) is 38.4 Å². The number of hydrogen-bond donors (Lipinski definition) is 1. The molecular formula is C26H26F3N9OS. The van der Waals surface area contributed by atoms with Gasteiger partial charge >= 0.3 is 6.18 Å². The number of H-pyrrole nitrogens is 1. The number of anilines is 1. The van der Waals surface area contributed by atoms with Gasteiger partial charge in [0.05, 0.1) is 23.4 Å². The van der Waals surface area contributed by atoms with E-state index in [0.29, 0.717) is 64.7 Å². The Hall–Kier alpha value is -4.04. The average molecular weight is 570 g/mol. The molecular weight excluding hydrogens is 543 g/mol. The van der Waals surface area contributed by atoms with E-state index in [0.717, 1.165) is 0 Å². The number of aromatic nitrogens is 6. The lowest BCUT2D eigenvalue weighted by atomic mass is 10.1. The van der Waals surface area contributed by atoms with E-state index in [1.165, 1.54) is 0 Å². The number of aromatic amines is 1. The number of carbonyl (C=O) groups excluding carboxylic acids is 1. The average Bonchev–Trinajstić information content (AvgIpc) is 3.65. The number of pyridine rings is 1. The van der Waals surface area contributed by atoms with E-state index in [1.54, 1.807) is 34.1 Å². The van der Waals surface area contributed by atoms with Crippen molar-refractivity contribution in [2.45, 2.75) is 18.8 Å². The number of benzene rings is 1. The fraction of sp³-hybridized carbons (Fsp3) is 0.346. The largest absolute Gasteiger partial charge is 0.443 e. The van der Waals surface area contributed by atoms with E-state index < -0.39 is 11.2 Å². The van der Waals surface area contributed by atoms with Crippen LogP contribution >= 0.6 is 11.3 Å². The predicted molar refractivity (Wildman–Crippen MR) is 146 cm³/mol. The lowest BCUT2D eigenvalue weighted by molar-refractivity contribution is -0.137. The second-order valence-electron chi connectivity index (χ2n) is 9.94. The predicted octanol–water partition coefficient (Wildman–Crippen LogP) is 3.73. The van der Waals surface area contributed by atoms with Crippen molar-refractivity contribution < 1.29 is 18.0 Å². The highest BCUT2D eigenvalue weighted by Gasteiger charge is 2.39. The Kier molecular flexibility index (Phi) is 6.66. The second-order valence-corrected chi connectivity index (χ2v) is 10.9. The molecule has 0 aliphatic carbocycles. The Morgan fingerprint density at radius 1 is 1.10 bits per heavy atom. The number of hydrogen-bond acceptors (Lipinski definition) is 8. The van der Waals surface area contributed by atoms with Crippen LogP contribution in [0, 0.1) is 0 Å². The van der Waals surface area contributed by atoms with Crippen molar-refractivity contribution in [2.75, 3.05) is 45.2 Å². The van der Waals surface area contributed by atoms with E-state index in [1.807, 2.05) is 48.2 Å². The zero-order chi connectivity index (χ0) is 28.0.